The van der Waals surface area contributed by atoms with E-state index in [9.17, 15) is 4.79 Å². The first-order valence-electron chi connectivity index (χ1n) is 5.44. The van der Waals surface area contributed by atoms with E-state index in [1.165, 1.54) is 6.26 Å². The van der Waals surface area contributed by atoms with Crippen molar-refractivity contribution in [2.75, 3.05) is 11.2 Å². The number of rotatable bonds is 3. The molecule has 96 valence electrons. The van der Waals surface area contributed by atoms with E-state index >= 15 is 0 Å². The lowest BCUT2D eigenvalue weighted by Crippen LogP contribution is -2.29. The fraction of sp³-hybridized carbons (Fsp3) is 0. The van der Waals surface area contributed by atoms with E-state index in [1.54, 1.807) is 24.4 Å². The van der Waals surface area contributed by atoms with Gasteiger partial charge < -0.3 is 15.1 Å². The van der Waals surface area contributed by atoms with Crippen LogP contribution in [-0.4, -0.2) is 20.9 Å². The predicted octanol–water partition coefficient (Wildman–Crippen LogP) is 0.890. The van der Waals surface area contributed by atoms with Gasteiger partial charge in [-0.3, -0.25) is 15.6 Å². The van der Waals surface area contributed by atoms with Crippen LogP contribution in [-0.2, 0) is 0 Å². The maximum atomic E-state index is 11.7. The number of amides is 1. The topological polar surface area (TPSA) is 122 Å². The first kappa shape index (κ1) is 11.1. The molecule has 0 atom stereocenters. The van der Waals surface area contributed by atoms with Gasteiger partial charge in [-0.2, -0.15) is 9.97 Å². The molecule has 0 aliphatic rings. The molecule has 5 N–H and O–H groups in total. The lowest BCUT2D eigenvalue weighted by atomic mass is 10.4. The second kappa shape index (κ2) is 4.33. The summed E-state index contributed by atoms with van der Waals surface area (Å²) < 4.78 is 4.96. The van der Waals surface area contributed by atoms with Crippen molar-refractivity contribution in [2.45, 2.75) is 0 Å². The van der Waals surface area contributed by atoms with Gasteiger partial charge in [0.1, 0.15) is 5.65 Å². The number of nitrogens with zero attached hydrogens (tertiary/aromatic N) is 2. The summed E-state index contributed by atoms with van der Waals surface area (Å²) in [6.07, 6.45) is 3.13. The van der Waals surface area contributed by atoms with Gasteiger partial charge >= 0.3 is 5.91 Å². The molecule has 0 radical (unpaired) electrons. The average Bonchev–Trinajstić information content (AvgIpc) is 3.05. The monoisotopic (exact) mass is 258 g/mol. The molecule has 3 rings (SSSR count). The summed E-state index contributed by atoms with van der Waals surface area (Å²) in [6, 6.07) is 4.95. The third kappa shape index (κ3) is 2.06. The molecule has 0 aromatic carbocycles. The van der Waals surface area contributed by atoms with E-state index in [0.29, 0.717) is 16.9 Å². The van der Waals surface area contributed by atoms with E-state index in [-0.39, 0.29) is 11.7 Å². The minimum Gasteiger partial charge on any atom is -0.459 e. The number of nitrogens with one attached hydrogen (secondary N) is 3. The third-order valence-electron chi connectivity index (χ3n) is 2.47. The quantitative estimate of drug-likeness (QED) is 0.517. The Balaban J connectivity index is 1.82. The zero-order valence-corrected chi connectivity index (χ0v) is 9.68. The summed E-state index contributed by atoms with van der Waals surface area (Å²) in [5.41, 5.74) is 11.3. The summed E-state index contributed by atoms with van der Waals surface area (Å²) in [7, 11) is 0. The molecule has 8 heteroatoms. The number of carbonyl (C=O) groups excluding carboxylic acids is 1. The van der Waals surface area contributed by atoms with Crippen LogP contribution in [0.2, 0.25) is 0 Å². The molecule has 0 aliphatic carbocycles. The number of hydrazine groups is 1. The van der Waals surface area contributed by atoms with Crippen LogP contribution in [0, 0.1) is 0 Å². The van der Waals surface area contributed by atoms with Crippen molar-refractivity contribution in [3.63, 3.8) is 0 Å². The van der Waals surface area contributed by atoms with Crippen molar-refractivity contribution >= 4 is 28.7 Å². The number of aromatic amines is 1. The van der Waals surface area contributed by atoms with E-state index in [2.05, 4.69) is 25.8 Å². The maximum absolute atomic E-state index is 11.7. The van der Waals surface area contributed by atoms with Gasteiger partial charge in [-0.25, -0.2) is 0 Å². The first-order chi connectivity index (χ1) is 9.24. The summed E-state index contributed by atoms with van der Waals surface area (Å²) in [6.45, 7) is 0. The van der Waals surface area contributed by atoms with Crippen molar-refractivity contribution < 1.29 is 9.21 Å². The Hall–Kier alpha value is -3.03. The van der Waals surface area contributed by atoms with Crippen molar-refractivity contribution in [1.29, 1.82) is 0 Å². The molecule has 19 heavy (non-hydrogen) atoms. The molecule has 0 spiro atoms. The lowest BCUT2D eigenvalue weighted by Gasteiger charge is -2.07. The highest BCUT2D eigenvalue weighted by molar-refractivity contribution is 5.94. The molecule has 3 aromatic heterocycles. The van der Waals surface area contributed by atoms with Gasteiger partial charge in [-0.1, -0.05) is 0 Å². The standard InChI is InChI=1S/C11H10N6O2/c12-11-14-8-6(3-4-13-8)9(15-11)16-17-10(18)7-2-1-5-19-7/h1-5H,(H,17,18)(H4,12,13,14,15,16). The van der Waals surface area contributed by atoms with Gasteiger partial charge in [0.2, 0.25) is 5.95 Å². The molecule has 3 aromatic rings. The summed E-state index contributed by atoms with van der Waals surface area (Å²) in [5.74, 6) is 0.291. The SMILES string of the molecule is Nc1nc(NNC(=O)c2ccco2)c2cc[nH]c2n1. The van der Waals surface area contributed by atoms with Crippen LogP contribution in [0.1, 0.15) is 10.6 Å². The number of furan rings is 1. The highest BCUT2D eigenvalue weighted by atomic mass is 16.3. The molecule has 3 heterocycles. The second-order valence-electron chi connectivity index (χ2n) is 3.73. The minimum atomic E-state index is -0.411. The van der Waals surface area contributed by atoms with Gasteiger partial charge in [-0.15, -0.1) is 0 Å². The van der Waals surface area contributed by atoms with Crippen LogP contribution in [0.4, 0.5) is 11.8 Å². The summed E-state index contributed by atoms with van der Waals surface area (Å²) >= 11 is 0. The van der Waals surface area contributed by atoms with Crippen LogP contribution in [0.25, 0.3) is 11.0 Å². The van der Waals surface area contributed by atoms with Gasteiger partial charge in [0.25, 0.3) is 0 Å². The van der Waals surface area contributed by atoms with Crippen LogP contribution in [0.5, 0.6) is 0 Å². The normalized spacial score (nSPS) is 10.5. The second-order valence-corrected chi connectivity index (χ2v) is 3.73. The van der Waals surface area contributed by atoms with E-state index in [1.807, 2.05) is 0 Å². The number of H-pyrrole nitrogens is 1. The van der Waals surface area contributed by atoms with Gasteiger partial charge in [0, 0.05) is 6.20 Å². The highest BCUT2D eigenvalue weighted by Gasteiger charge is 2.10. The zero-order valence-electron chi connectivity index (χ0n) is 9.68. The van der Waals surface area contributed by atoms with Crippen molar-refractivity contribution in [2.24, 2.45) is 0 Å². The smallest absolute Gasteiger partial charge is 0.305 e. The first-order valence-corrected chi connectivity index (χ1v) is 5.44. The fourth-order valence-corrected chi connectivity index (χ4v) is 1.64. The molecule has 8 nitrogen and oxygen atoms in total. The third-order valence-corrected chi connectivity index (χ3v) is 2.47. The number of nitrogens with two attached hydrogens (primary N) is 1. The Kier molecular flexibility index (Phi) is 2.53. The number of fused-ring (bicyclic) bond motifs is 1. The Morgan fingerprint density at radius 3 is 3.05 bits per heavy atom. The van der Waals surface area contributed by atoms with Crippen molar-refractivity contribution in [3.8, 4) is 0 Å². The number of carbonyl (C=O) groups is 1. The van der Waals surface area contributed by atoms with Crippen molar-refractivity contribution in [3.05, 3.63) is 36.4 Å². The number of hydrogen-bond acceptors (Lipinski definition) is 6. The molecule has 0 fully saturated rings. The Morgan fingerprint density at radius 1 is 1.37 bits per heavy atom. The number of anilines is 2. The zero-order chi connectivity index (χ0) is 13.2. The fourth-order valence-electron chi connectivity index (χ4n) is 1.64. The van der Waals surface area contributed by atoms with Crippen LogP contribution >= 0.6 is 0 Å². The highest BCUT2D eigenvalue weighted by Crippen LogP contribution is 2.19. The predicted molar refractivity (Wildman–Crippen MR) is 68.1 cm³/mol. The summed E-state index contributed by atoms with van der Waals surface area (Å²) in [4.78, 5) is 22.6. The average molecular weight is 258 g/mol. The molecule has 1 amide bonds. The number of aromatic nitrogens is 3. The maximum Gasteiger partial charge on any atom is 0.305 e. The molecule has 0 aliphatic heterocycles. The van der Waals surface area contributed by atoms with Crippen LogP contribution < -0.4 is 16.6 Å². The van der Waals surface area contributed by atoms with Gasteiger partial charge in [-0.05, 0) is 18.2 Å². The molecule has 0 unspecified atom stereocenters. The lowest BCUT2D eigenvalue weighted by molar-refractivity contribution is 0.0935. The molecular weight excluding hydrogens is 248 g/mol. The molecular formula is C11H10N6O2. The van der Waals surface area contributed by atoms with Crippen molar-refractivity contribution in [1.82, 2.24) is 20.4 Å². The Labute approximate surface area is 107 Å². The minimum absolute atomic E-state index is 0.102. The van der Waals surface area contributed by atoms with E-state index in [0.717, 1.165) is 0 Å². The Morgan fingerprint density at radius 2 is 2.26 bits per heavy atom. The van der Waals surface area contributed by atoms with Crippen LogP contribution in [0.15, 0.2) is 35.1 Å². The van der Waals surface area contributed by atoms with Gasteiger partial charge in [0.15, 0.2) is 11.6 Å². The van der Waals surface area contributed by atoms with E-state index in [4.69, 9.17) is 10.2 Å². The number of nitrogen functional groups attached to an aromatic ring is 1. The van der Waals surface area contributed by atoms with Crippen LogP contribution in [0.3, 0.4) is 0 Å². The largest absolute Gasteiger partial charge is 0.459 e. The molecule has 0 saturated carbocycles. The molecule has 0 bridgehead atoms. The van der Waals surface area contributed by atoms with E-state index < -0.39 is 5.91 Å². The Bertz CT molecular complexity index is 718. The van der Waals surface area contributed by atoms with Gasteiger partial charge in [0.05, 0.1) is 11.6 Å². The molecule has 0 saturated heterocycles. The summed E-state index contributed by atoms with van der Waals surface area (Å²) in [5, 5.41) is 0.717. The number of hydrogen-bond donors (Lipinski definition) is 4.